The van der Waals surface area contributed by atoms with Gasteiger partial charge in [-0.25, -0.2) is 4.98 Å². The summed E-state index contributed by atoms with van der Waals surface area (Å²) in [4.78, 5) is 18.3. The molecule has 0 aliphatic carbocycles. The SMILES string of the molecule is Cc1ccc2nc(-c3ccc(-c4ccc([N+](=O)[O-])cc4C)o3)[nH]c2c1. The highest BCUT2D eigenvalue weighted by Gasteiger charge is 2.14. The van der Waals surface area contributed by atoms with Crippen LogP contribution >= 0.6 is 0 Å². The normalized spacial score (nSPS) is 11.1. The molecule has 6 heteroatoms. The lowest BCUT2D eigenvalue weighted by Gasteiger charge is -2.02. The number of nitro benzene ring substituents is 1. The number of aromatic nitrogens is 2. The molecule has 4 aromatic rings. The molecule has 25 heavy (non-hydrogen) atoms. The average molecular weight is 333 g/mol. The molecular weight excluding hydrogens is 318 g/mol. The van der Waals surface area contributed by atoms with Crippen LogP contribution in [0.3, 0.4) is 0 Å². The van der Waals surface area contributed by atoms with Gasteiger partial charge in [-0.15, -0.1) is 0 Å². The van der Waals surface area contributed by atoms with Crippen molar-refractivity contribution in [3.63, 3.8) is 0 Å². The smallest absolute Gasteiger partial charge is 0.269 e. The molecule has 2 heterocycles. The van der Waals surface area contributed by atoms with Crippen molar-refractivity contribution in [1.29, 1.82) is 0 Å². The Balaban J connectivity index is 1.73. The molecule has 0 aliphatic heterocycles. The molecule has 0 atom stereocenters. The molecule has 0 saturated carbocycles. The van der Waals surface area contributed by atoms with E-state index in [0.29, 0.717) is 17.3 Å². The van der Waals surface area contributed by atoms with Crippen LogP contribution in [0.15, 0.2) is 52.9 Å². The Labute approximate surface area is 143 Å². The first-order valence-electron chi connectivity index (χ1n) is 7.83. The molecule has 2 aromatic heterocycles. The Bertz CT molecular complexity index is 1110. The van der Waals surface area contributed by atoms with E-state index in [-0.39, 0.29) is 5.69 Å². The number of hydrogen-bond acceptors (Lipinski definition) is 4. The van der Waals surface area contributed by atoms with Crippen LogP contribution in [0.5, 0.6) is 0 Å². The minimum Gasteiger partial charge on any atom is -0.453 e. The summed E-state index contributed by atoms with van der Waals surface area (Å²) in [6, 6.07) is 14.4. The second-order valence-corrected chi connectivity index (χ2v) is 6.03. The number of hydrogen-bond donors (Lipinski definition) is 1. The van der Waals surface area contributed by atoms with Crippen LogP contribution in [0.2, 0.25) is 0 Å². The number of aromatic amines is 1. The van der Waals surface area contributed by atoms with Crippen LogP contribution in [-0.4, -0.2) is 14.9 Å². The molecule has 0 spiro atoms. The van der Waals surface area contributed by atoms with E-state index >= 15 is 0 Å². The predicted octanol–water partition coefficient (Wildman–Crippen LogP) is 5.01. The highest BCUT2D eigenvalue weighted by Crippen LogP contribution is 2.31. The Morgan fingerprint density at radius 1 is 1.04 bits per heavy atom. The van der Waals surface area contributed by atoms with Gasteiger partial charge in [-0.2, -0.15) is 0 Å². The first-order chi connectivity index (χ1) is 12.0. The molecule has 0 bridgehead atoms. The van der Waals surface area contributed by atoms with E-state index in [9.17, 15) is 10.1 Å². The van der Waals surface area contributed by atoms with E-state index in [0.717, 1.165) is 27.7 Å². The topological polar surface area (TPSA) is 85.0 Å². The number of nitro groups is 1. The van der Waals surface area contributed by atoms with E-state index in [1.165, 1.54) is 6.07 Å². The number of nitrogens with one attached hydrogen (secondary N) is 1. The van der Waals surface area contributed by atoms with Gasteiger partial charge in [0.1, 0.15) is 5.76 Å². The van der Waals surface area contributed by atoms with Crippen LogP contribution in [0, 0.1) is 24.0 Å². The van der Waals surface area contributed by atoms with Gasteiger partial charge in [-0.1, -0.05) is 6.07 Å². The van der Waals surface area contributed by atoms with Crippen LogP contribution < -0.4 is 0 Å². The van der Waals surface area contributed by atoms with Crippen molar-refractivity contribution >= 4 is 16.7 Å². The van der Waals surface area contributed by atoms with Gasteiger partial charge in [0.05, 0.1) is 16.0 Å². The first kappa shape index (κ1) is 15.1. The third-order valence-corrected chi connectivity index (χ3v) is 4.16. The zero-order chi connectivity index (χ0) is 17.6. The monoisotopic (exact) mass is 333 g/mol. The number of H-pyrrole nitrogens is 1. The molecule has 124 valence electrons. The molecular formula is C19H15N3O3. The Hall–Kier alpha value is -3.41. The number of non-ortho nitro benzene ring substituents is 1. The van der Waals surface area contributed by atoms with Gasteiger partial charge in [-0.05, 0) is 55.3 Å². The van der Waals surface area contributed by atoms with E-state index in [2.05, 4.69) is 9.97 Å². The van der Waals surface area contributed by atoms with Crippen molar-refractivity contribution in [3.05, 3.63) is 69.8 Å². The molecule has 6 nitrogen and oxygen atoms in total. The van der Waals surface area contributed by atoms with Crippen LogP contribution in [0.25, 0.3) is 33.9 Å². The molecule has 1 N–H and O–H groups in total. The highest BCUT2D eigenvalue weighted by molar-refractivity contribution is 5.79. The Morgan fingerprint density at radius 2 is 1.84 bits per heavy atom. The molecule has 4 rings (SSSR count). The summed E-state index contributed by atoms with van der Waals surface area (Å²) in [5.41, 5.74) is 4.67. The zero-order valence-corrected chi connectivity index (χ0v) is 13.7. The van der Waals surface area contributed by atoms with E-state index < -0.39 is 4.92 Å². The lowest BCUT2D eigenvalue weighted by Crippen LogP contribution is -1.89. The molecule has 0 amide bonds. The fraction of sp³-hybridized carbons (Fsp3) is 0.105. The Morgan fingerprint density at radius 3 is 2.60 bits per heavy atom. The summed E-state index contributed by atoms with van der Waals surface area (Å²) >= 11 is 0. The second-order valence-electron chi connectivity index (χ2n) is 6.03. The van der Waals surface area contributed by atoms with E-state index in [1.807, 2.05) is 44.2 Å². The fourth-order valence-corrected chi connectivity index (χ4v) is 2.89. The maximum Gasteiger partial charge on any atom is 0.269 e. The predicted molar refractivity (Wildman–Crippen MR) is 95.4 cm³/mol. The summed E-state index contributed by atoms with van der Waals surface area (Å²) in [7, 11) is 0. The lowest BCUT2D eigenvalue weighted by atomic mass is 10.1. The van der Waals surface area contributed by atoms with Crippen molar-refractivity contribution in [2.75, 3.05) is 0 Å². The minimum atomic E-state index is -0.402. The third kappa shape index (κ3) is 2.67. The van der Waals surface area contributed by atoms with Crippen molar-refractivity contribution in [1.82, 2.24) is 9.97 Å². The van der Waals surface area contributed by atoms with Gasteiger partial charge in [0.2, 0.25) is 0 Å². The first-order valence-corrected chi connectivity index (χ1v) is 7.83. The number of aryl methyl sites for hydroxylation is 2. The maximum atomic E-state index is 10.9. The van der Waals surface area contributed by atoms with Crippen molar-refractivity contribution in [3.8, 4) is 22.9 Å². The van der Waals surface area contributed by atoms with Gasteiger partial charge in [0.15, 0.2) is 11.6 Å². The molecule has 2 aromatic carbocycles. The number of rotatable bonds is 3. The summed E-state index contributed by atoms with van der Waals surface area (Å²) in [6.45, 7) is 3.86. The molecule has 0 radical (unpaired) electrons. The van der Waals surface area contributed by atoms with Gasteiger partial charge < -0.3 is 9.40 Å². The quantitative estimate of drug-likeness (QED) is 0.421. The number of nitrogens with zero attached hydrogens (tertiary/aromatic N) is 2. The van der Waals surface area contributed by atoms with Crippen molar-refractivity contribution in [2.45, 2.75) is 13.8 Å². The largest absolute Gasteiger partial charge is 0.453 e. The maximum absolute atomic E-state index is 10.9. The minimum absolute atomic E-state index is 0.0701. The molecule has 0 unspecified atom stereocenters. The summed E-state index contributed by atoms with van der Waals surface area (Å²) in [6.07, 6.45) is 0. The van der Waals surface area contributed by atoms with Gasteiger partial charge in [0, 0.05) is 17.7 Å². The highest BCUT2D eigenvalue weighted by atomic mass is 16.6. The summed E-state index contributed by atoms with van der Waals surface area (Å²) < 4.78 is 5.93. The van der Waals surface area contributed by atoms with Crippen LogP contribution in [0.1, 0.15) is 11.1 Å². The van der Waals surface area contributed by atoms with Crippen LogP contribution in [-0.2, 0) is 0 Å². The van der Waals surface area contributed by atoms with Gasteiger partial charge >= 0.3 is 0 Å². The third-order valence-electron chi connectivity index (χ3n) is 4.16. The molecule has 0 fully saturated rings. The van der Waals surface area contributed by atoms with Gasteiger partial charge in [-0.3, -0.25) is 10.1 Å². The number of imidazole rings is 1. The zero-order valence-electron chi connectivity index (χ0n) is 13.7. The molecule has 0 saturated heterocycles. The number of benzene rings is 2. The number of fused-ring (bicyclic) bond motifs is 1. The lowest BCUT2D eigenvalue weighted by molar-refractivity contribution is -0.384. The standard InChI is InChI=1S/C19H15N3O3/c1-11-3-6-15-16(9-11)21-19(20-15)18-8-7-17(25-18)14-5-4-13(22(23)24)10-12(14)2/h3-10H,1-2H3,(H,20,21). The second kappa shape index (κ2) is 5.59. The van der Waals surface area contributed by atoms with E-state index in [4.69, 9.17) is 4.42 Å². The van der Waals surface area contributed by atoms with Crippen molar-refractivity contribution in [2.24, 2.45) is 0 Å². The summed E-state index contributed by atoms with van der Waals surface area (Å²) in [5.74, 6) is 1.94. The Kier molecular flexibility index (Phi) is 3.39. The average Bonchev–Trinajstić information content (AvgIpc) is 3.20. The van der Waals surface area contributed by atoms with Crippen LogP contribution in [0.4, 0.5) is 5.69 Å². The van der Waals surface area contributed by atoms with Crippen molar-refractivity contribution < 1.29 is 9.34 Å². The van der Waals surface area contributed by atoms with Gasteiger partial charge in [0.25, 0.3) is 5.69 Å². The summed E-state index contributed by atoms with van der Waals surface area (Å²) in [5, 5.41) is 10.9. The van der Waals surface area contributed by atoms with E-state index in [1.54, 1.807) is 12.1 Å². The molecule has 0 aliphatic rings. The number of furan rings is 1. The fourth-order valence-electron chi connectivity index (χ4n) is 2.89.